The number of likely N-dealkylation sites (tertiary alicyclic amines) is 1. The quantitative estimate of drug-likeness (QED) is 0.199. The number of hydrogen-bond acceptors (Lipinski definition) is 5. The van der Waals surface area contributed by atoms with Gasteiger partial charge in [0.25, 0.3) is 0 Å². The number of aliphatic hydroxyl groups is 1. The van der Waals surface area contributed by atoms with Crippen LogP contribution >= 0.6 is 15.9 Å². The first-order chi connectivity index (χ1) is 19.5. The first-order valence-electron chi connectivity index (χ1n) is 14.7. The molecule has 2 bridgehead atoms. The van der Waals surface area contributed by atoms with Gasteiger partial charge in [-0.3, -0.25) is 14.4 Å². The smallest absolute Gasteiger partial charge is 0.249 e. The average Bonchev–Trinajstić information content (AvgIpc) is 3.52. The van der Waals surface area contributed by atoms with Gasteiger partial charge in [-0.05, 0) is 52.2 Å². The van der Waals surface area contributed by atoms with Crippen LogP contribution in [-0.4, -0.2) is 87.0 Å². The Balaban J connectivity index is 1.75. The van der Waals surface area contributed by atoms with Crippen molar-refractivity contribution in [1.29, 1.82) is 0 Å². The van der Waals surface area contributed by atoms with Gasteiger partial charge in [0, 0.05) is 42.3 Å². The van der Waals surface area contributed by atoms with E-state index in [-0.39, 0.29) is 29.2 Å². The van der Waals surface area contributed by atoms with Gasteiger partial charge in [-0.2, -0.15) is 0 Å². The molecule has 224 valence electrons. The highest BCUT2D eigenvalue weighted by Gasteiger charge is 2.77. The summed E-state index contributed by atoms with van der Waals surface area (Å²) in [5, 5.41) is 9.19. The molecule has 1 spiro atoms. The molecule has 9 heteroatoms. The molecule has 3 heterocycles. The molecule has 6 atom stereocenters. The summed E-state index contributed by atoms with van der Waals surface area (Å²) < 4.78 is 6.73. The Kier molecular flexibility index (Phi) is 9.81. The number of rotatable bonds is 13. The van der Waals surface area contributed by atoms with Gasteiger partial charge in [0.2, 0.25) is 17.7 Å². The van der Waals surface area contributed by atoms with Crippen molar-refractivity contribution < 1.29 is 24.2 Å². The standard InChI is InChI=1S/C32H44BrN3O5/c1-6-17-34(22-15-11-10-12-16-22)28(38)24-25-29(39)35(19-13-8-9-14-20-37)27(32(25)21-23(33)26(24)41-32)30(40)36(18-7-2)31(3,4)5/h6-7,10-12,15-16,23-27,37H,1-2,8-9,13-14,17-21H2,3-5H3/t23?,24-,25-,26-,27?,32?/m0/s1. The van der Waals surface area contributed by atoms with Crippen LogP contribution in [0.1, 0.15) is 52.9 Å². The van der Waals surface area contributed by atoms with E-state index >= 15 is 0 Å². The number of hydrogen-bond donors (Lipinski definition) is 1. The summed E-state index contributed by atoms with van der Waals surface area (Å²) in [5.74, 6) is -2.06. The molecule has 0 aromatic heterocycles. The van der Waals surface area contributed by atoms with E-state index in [0.717, 1.165) is 18.5 Å². The van der Waals surface area contributed by atoms with E-state index in [0.29, 0.717) is 38.9 Å². The van der Waals surface area contributed by atoms with Crippen molar-refractivity contribution in [3.8, 4) is 0 Å². The van der Waals surface area contributed by atoms with Crippen molar-refractivity contribution in [2.75, 3.05) is 31.1 Å². The zero-order chi connectivity index (χ0) is 29.9. The Morgan fingerprint density at radius 2 is 1.76 bits per heavy atom. The first-order valence-corrected chi connectivity index (χ1v) is 15.6. The summed E-state index contributed by atoms with van der Waals surface area (Å²) in [6.07, 6.45) is 6.38. The van der Waals surface area contributed by atoms with Crippen LogP contribution in [0.4, 0.5) is 5.69 Å². The summed E-state index contributed by atoms with van der Waals surface area (Å²) in [6.45, 7) is 14.8. The summed E-state index contributed by atoms with van der Waals surface area (Å²) in [5.41, 5.74) is -0.896. The van der Waals surface area contributed by atoms with Crippen LogP contribution in [0.15, 0.2) is 55.6 Å². The molecule has 41 heavy (non-hydrogen) atoms. The molecule has 3 saturated heterocycles. The molecule has 3 fully saturated rings. The fraction of sp³-hybridized carbons (Fsp3) is 0.594. The molecule has 1 aromatic carbocycles. The van der Waals surface area contributed by atoms with Crippen LogP contribution in [0.2, 0.25) is 0 Å². The molecular formula is C32H44BrN3O5. The Morgan fingerprint density at radius 1 is 1.10 bits per heavy atom. The molecule has 3 aliphatic rings. The molecule has 1 N–H and O–H groups in total. The van der Waals surface area contributed by atoms with Crippen molar-refractivity contribution in [3.05, 3.63) is 55.6 Å². The van der Waals surface area contributed by atoms with Crippen LogP contribution in [-0.2, 0) is 19.1 Å². The molecule has 0 radical (unpaired) electrons. The molecule has 0 saturated carbocycles. The predicted molar refractivity (Wildman–Crippen MR) is 164 cm³/mol. The third-order valence-electron chi connectivity index (χ3n) is 8.65. The van der Waals surface area contributed by atoms with Crippen LogP contribution in [0.5, 0.6) is 0 Å². The molecular weight excluding hydrogens is 586 g/mol. The van der Waals surface area contributed by atoms with Crippen molar-refractivity contribution in [3.63, 3.8) is 0 Å². The molecule has 8 nitrogen and oxygen atoms in total. The number of ether oxygens (including phenoxy) is 1. The normalized spacial score (nSPS) is 28.5. The molecule has 4 rings (SSSR count). The van der Waals surface area contributed by atoms with Crippen molar-refractivity contribution in [2.45, 2.75) is 81.0 Å². The van der Waals surface area contributed by atoms with Gasteiger partial charge in [0.1, 0.15) is 11.6 Å². The van der Waals surface area contributed by atoms with Crippen molar-refractivity contribution in [1.82, 2.24) is 9.80 Å². The maximum absolute atomic E-state index is 14.5. The van der Waals surface area contributed by atoms with E-state index in [4.69, 9.17) is 4.74 Å². The number of benzene rings is 1. The number of fused-ring (bicyclic) bond motifs is 1. The maximum Gasteiger partial charge on any atom is 0.249 e. The summed E-state index contributed by atoms with van der Waals surface area (Å²) in [4.78, 5) is 48.1. The lowest BCUT2D eigenvalue weighted by atomic mass is 9.70. The maximum atomic E-state index is 14.5. The van der Waals surface area contributed by atoms with E-state index in [1.807, 2.05) is 51.1 Å². The zero-order valence-corrected chi connectivity index (χ0v) is 26.1. The lowest BCUT2D eigenvalue weighted by Gasteiger charge is -2.42. The minimum Gasteiger partial charge on any atom is -0.396 e. The average molecular weight is 631 g/mol. The molecule has 3 aliphatic heterocycles. The number of anilines is 1. The second-order valence-corrected chi connectivity index (χ2v) is 13.5. The van der Waals surface area contributed by atoms with Crippen LogP contribution in [0.3, 0.4) is 0 Å². The Bertz CT molecular complexity index is 1140. The Morgan fingerprint density at radius 3 is 2.37 bits per heavy atom. The first kappa shape index (κ1) is 31.4. The highest BCUT2D eigenvalue weighted by molar-refractivity contribution is 9.09. The molecule has 1 aromatic rings. The number of halogens is 1. The number of para-hydroxylation sites is 1. The monoisotopic (exact) mass is 629 g/mol. The fourth-order valence-electron chi connectivity index (χ4n) is 6.89. The Labute approximate surface area is 252 Å². The minimum atomic E-state index is -1.11. The van der Waals surface area contributed by atoms with Gasteiger partial charge in [-0.25, -0.2) is 0 Å². The molecule has 3 unspecified atom stereocenters. The number of carbonyl (C=O) groups excluding carboxylic acids is 3. The van der Waals surface area contributed by atoms with Crippen LogP contribution in [0.25, 0.3) is 0 Å². The number of alkyl halides is 1. The minimum absolute atomic E-state index is 0.130. The lowest BCUT2D eigenvalue weighted by molar-refractivity contribution is -0.151. The van der Waals surface area contributed by atoms with Crippen molar-refractivity contribution >= 4 is 39.3 Å². The largest absolute Gasteiger partial charge is 0.396 e. The molecule has 0 aliphatic carbocycles. The van der Waals surface area contributed by atoms with Crippen LogP contribution < -0.4 is 4.90 Å². The number of carbonyl (C=O) groups is 3. The SMILES string of the molecule is C=CCN(C(=O)[C@H]1[C@H]2C(=O)N(CCCCCCO)C(C(=O)N(CC=C)C(C)(C)C)C23CC(Br)[C@@H]1O3)c1ccccc1. The van der Waals surface area contributed by atoms with Gasteiger partial charge < -0.3 is 24.5 Å². The summed E-state index contributed by atoms with van der Waals surface area (Å²) >= 11 is 3.77. The van der Waals surface area contributed by atoms with E-state index in [1.165, 1.54) is 0 Å². The number of unbranched alkanes of at least 4 members (excludes halogenated alkanes) is 3. The van der Waals surface area contributed by atoms with E-state index < -0.39 is 35.1 Å². The number of amides is 3. The second-order valence-electron chi connectivity index (χ2n) is 12.3. The second kappa shape index (κ2) is 12.8. The Hall–Kier alpha value is -2.49. The van der Waals surface area contributed by atoms with Gasteiger partial charge in [0.15, 0.2) is 0 Å². The third kappa shape index (κ3) is 5.77. The highest BCUT2D eigenvalue weighted by Crippen LogP contribution is 2.60. The van der Waals surface area contributed by atoms with Gasteiger partial charge in [-0.1, -0.05) is 59.1 Å². The van der Waals surface area contributed by atoms with Gasteiger partial charge in [0.05, 0.1) is 17.9 Å². The topological polar surface area (TPSA) is 90.4 Å². The highest BCUT2D eigenvalue weighted by atomic mass is 79.9. The van der Waals surface area contributed by atoms with Crippen LogP contribution in [0, 0.1) is 11.8 Å². The van der Waals surface area contributed by atoms with Gasteiger partial charge >= 0.3 is 0 Å². The molecule has 3 amide bonds. The zero-order valence-electron chi connectivity index (χ0n) is 24.5. The number of nitrogens with zero attached hydrogens (tertiary/aromatic N) is 3. The van der Waals surface area contributed by atoms with E-state index in [1.54, 1.807) is 26.9 Å². The van der Waals surface area contributed by atoms with Gasteiger partial charge in [-0.15, -0.1) is 13.2 Å². The number of aliphatic hydroxyl groups excluding tert-OH is 1. The van der Waals surface area contributed by atoms with E-state index in [9.17, 15) is 19.5 Å². The predicted octanol–water partition coefficient (Wildman–Crippen LogP) is 4.32. The summed E-state index contributed by atoms with van der Waals surface area (Å²) in [6, 6.07) is 8.54. The summed E-state index contributed by atoms with van der Waals surface area (Å²) in [7, 11) is 0. The lowest BCUT2D eigenvalue weighted by Crippen LogP contribution is -2.60. The van der Waals surface area contributed by atoms with Crippen molar-refractivity contribution in [2.24, 2.45) is 11.8 Å². The van der Waals surface area contributed by atoms with E-state index in [2.05, 4.69) is 29.1 Å². The third-order valence-corrected chi connectivity index (χ3v) is 9.49. The fourth-order valence-corrected chi connectivity index (χ4v) is 7.83.